The first-order valence-corrected chi connectivity index (χ1v) is 7.64. The fraction of sp³-hybridized carbons (Fsp3) is 0.0556. The molecule has 2 heterocycles. The lowest BCUT2D eigenvalue weighted by molar-refractivity contribution is 0.102. The van der Waals surface area contributed by atoms with Crippen molar-refractivity contribution < 1.29 is 23.4 Å². The summed E-state index contributed by atoms with van der Waals surface area (Å²) < 4.78 is 29.3. The first-order valence-electron chi connectivity index (χ1n) is 7.64. The van der Waals surface area contributed by atoms with Gasteiger partial charge in [0.15, 0.2) is 23.1 Å². The zero-order chi connectivity index (χ0) is 17.9. The van der Waals surface area contributed by atoms with Gasteiger partial charge in [0.25, 0.3) is 5.91 Å². The van der Waals surface area contributed by atoms with Gasteiger partial charge in [0.05, 0.1) is 18.1 Å². The standard InChI is InChI=1S/C18H12FN3O4/c19-13-3-1-2-4-14(13)26-18-20-8-12(9-21-18)22-17(23)11-5-6-15-16(7-11)25-10-24-15/h1-9H,10H2,(H,22,23). The van der Waals surface area contributed by atoms with Gasteiger partial charge in [-0.3, -0.25) is 4.79 Å². The predicted molar refractivity (Wildman–Crippen MR) is 89.0 cm³/mol. The summed E-state index contributed by atoms with van der Waals surface area (Å²) in [5.41, 5.74) is 0.773. The van der Waals surface area contributed by atoms with Gasteiger partial charge >= 0.3 is 6.01 Å². The minimum atomic E-state index is -0.517. The summed E-state index contributed by atoms with van der Waals surface area (Å²) in [5, 5.41) is 2.66. The van der Waals surface area contributed by atoms with Crippen LogP contribution in [0.1, 0.15) is 10.4 Å². The molecule has 0 aliphatic carbocycles. The van der Waals surface area contributed by atoms with Gasteiger partial charge in [0.1, 0.15) is 0 Å². The number of ether oxygens (including phenoxy) is 3. The quantitative estimate of drug-likeness (QED) is 0.774. The summed E-state index contributed by atoms with van der Waals surface area (Å²) in [6.07, 6.45) is 2.74. The third-order valence-electron chi connectivity index (χ3n) is 3.56. The van der Waals surface area contributed by atoms with E-state index in [1.54, 1.807) is 30.3 Å². The Morgan fingerprint density at radius 3 is 2.65 bits per heavy atom. The van der Waals surface area contributed by atoms with Crippen LogP contribution in [-0.4, -0.2) is 22.7 Å². The van der Waals surface area contributed by atoms with Crippen molar-refractivity contribution >= 4 is 11.6 Å². The zero-order valence-electron chi connectivity index (χ0n) is 13.3. The van der Waals surface area contributed by atoms with Gasteiger partial charge in [-0.2, -0.15) is 0 Å². The Kier molecular flexibility index (Phi) is 4.06. The van der Waals surface area contributed by atoms with Crippen LogP contribution in [0, 0.1) is 5.82 Å². The van der Waals surface area contributed by atoms with Crippen LogP contribution in [0.15, 0.2) is 54.9 Å². The highest BCUT2D eigenvalue weighted by atomic mass is 19.1. The van der Waals surface area contributed by atoms with Gasteiger partial charge in [-0.25, -0.2) is 14.4 Å². The molecule has 0 bridgehead atoms. The summed E-state index contributed by atoms with van der Waals surface area (Å²) >= 11 is 0. The molecule has 0 saturated carbocycles. The average molecular weight is 353 g/mol. The molecular weight excluding hydrogens is 341 g/mol. The maximum Gasteiger partial charge on any atom is 0.322 e. The van der Waals surface area contributed by atoms with E-state index >= 15 is 0 Å². The van der Waals surface area contributed by atoms with Gasteiger partial charge in [0, 0.05) is 5.56 Å². The number of anilines is 1. The number of hydrogen-bond donors (Lipinski definition) is 1. The molecule has 0 saturated heterocycles. The summed E-state index contributed by atoms with van der Waals surface area (Å²) in [6.45, 7) is 0.137. The topological polar surface area (TPSA) is 82.6 Å². The maximum atomic E-state index is 13.6. The molecule has 3 aromatic rings. The normalized spacial score (nSPS) is 11.9. The van der Waals surface area contributed by atoms with E-state index in [9.17, 15) is 9.18 Å². The predicted octanol–water partition coefficient (Wildman–Crippen LogP) is 3.39. The molecule has 1 aliphatic heterocycles. The van der Waals surface area contributed by atoms with Crippen LogP contribution in [0.3, 0.4) is 0 Å². The number of hydrogen-bond acceptors (Lipinski definition) is 6. The number of carbonyl (C=O) groups is 1. The van der Waals surface area contributed by atoms with Crippen LogP contribution < -0.4 is 19.5 Å². The molecule has 1 aliphatic rings. The van der Waals surface area contributed by atoms with Gasteiger partial charge in [-0.1, -0.05) is 12.1 Å². The van der Waals surface area contributed by atoms with Crippen molar-refractivity contribution in [1.29, 1.82) is 0 Å². The van der Waals surface area contributed by atoms with Gasteiger partial charge in [-0.05, 0) is 30.3 Å². The van der Waals surface area contributed by atoms with Gasteiger partial charge < -0.3 is 19.5 Å². The molecule has 0 spiro atoms. The van der Waals surface area contributed by atoms with Crippen LogP contribution in [0.2, 0.25) is 0 Å². The number of rotatable bonds is 4. The second kappa shape index (κ2) is 6.67. The Balaban J connectivity index is 1.44. The molecule has 1 aromatic heterocycles. The van der Waals surface area contributed by atoms with Crippen LogP contribution in [0.4, 0.5) is 10.1 Å². The molecule has 2 aromatic carbocycles. The monoisotopic (exact) mass is 353 g/mol. The molecule has 0 radical (unpaired) electrons. The van der Waals surface area contributed by atoms with E-state index in [0.717, 1.165) is 0 Å². The Morgan fingerprint density at radius 2 is 1.85 bits per heavy atom. The summed E-state index contributed by atoms with van der Waals surface area (Å²) in [6, 6.07) is 10.8. The summed E-state index contributed by atoms with van der Waals surface area (Å²) in [5.74, 6) is 0.262. The Hall–Kier alpha value is -3.68. The number of para-hydroxylation sites is 1. The third-order valence-corrected chi connectivity index (χ3v) is 3.56. The lowest BCUT2D eigenvalue weighted by atomic mass is 10.2. The maximum absolute atomic E-state index is 13.6. The van der Waals surface area contributed by atoms with E-state index in [0.29, 0.717) is 22.7 Å². The Labute approximate surface area is 147 Å². The fourth-order valence-corrected chi connectivity index (χ4v) is 2.30. The molecule has 0 unspecified atom stereocenters. The number of amides is 1. The van der Waals surface area contributed by atoms with E-state index in [2.05, 4.69) is 15.3 Å². The molecule has 1 amide bonds. The summed E-state index contributed by atoms with van der Waals surface area (Å²) in [7, 11) is 0. The Bertz CT molecular complexity index is 963. The second-order valence-electron chi connectivity index (χ2n) is 5.31. The highest BCUT2D eigenvalue weighted by Crippen LogP contribution is 2.32. The van der Waals surface area contributed by atoms with Crippen LogP contribution in [-0.2, 0) is 0 Å². The van der Waals surface area contributed by atoms with Crippen LogP contribution >= 0.6 is 0 Å². The lowest BCUT2D eigenvalue weighted by Gasteiger charge is -2.07. The first-order chi connectivity index (χ1) is 12.7. The number of nitrogens with zero attached hydrogens (tertiary/aromatic N) is 2. The number of fused-ring (bicyclic) bond motifs is 1. The van der Waals surface area contributed by atoms with Crippen molar-refractivity contribution in [3.05, 3.63) is 66.2 Å². The largest absolute Gasteiger partial charge is 0.454 e. The molecule has 8 heteroatoms. The number of nitrogens with one attached hydrogen (secondary N) is 1. The molecular formula is C18H12FN3O4. The highest BCUT2D eigenvalue weighted by molar-refractivity contribution is 6.04. The first kappa shape index (κ1) is 15.8. The number of halogens is 1. The van der Waals surface area contributed by atoms with Crippen LogP contribution in [0.5, 0.6) is 23.3 Å². The summed E-state index contributed by atoms with van der Waals surface area (Å²) in [4.78, 5) is 20.2. The van der Waals surface area contributed by atoms with E-state index in [1.165, 1.54) is 24.5 Å². The van der Waals surface area contributed by atoms with Crippen molar-refractivity contribution in [3.63, 3.8) is 0 Å². The average Bonchev–Trinajstić information content (AvgIpc) is 3.13. The van der Waals surface area contributed by atoms with Crippen molar-refractivity contribution in [1.82, 2.24) is 9.97 Å². The zero-order valence-corrected chi connectivity index (χ0v) is 13.3. The number of carbonyl (C=O) groups excluding carboxylic acids is 1. The van der Waals surface area contributed by atoms with Crippen molar-refractivity contribution in [3.8, 4) is 23.3 Å². The SMILES string of the molecule is O=C(Nc1cnc(Oc2ccccc2F)nc1)c1ccc2c(c1)OCO2. The molecule has 7 nitrogen and oxygen atoms in total. The van der Waals surface area contributed by atoms with Crippen molar-refractivity contribution in [2.75, 3.05) is 12.1 Å². The molecule has 1 N–H and O–H groups in total. The van der Waals surface area contributed by atoms with E-state index in [1.807, 2.05) is 0 Å². The number of aromatic nitrogens is 2. The second-order valence-corrected chi connectivity index (χ2v) is 5.31. The minimum Gasteiger partial charge on any atom is -0.454 e. The number of benzene rings is 2. The smallest absolute Gasteiger partial charge is 0.322 e. The van der Waals surface area contributed by atoms with Crippen molar-refractivity contribution in [2.45, 2.75) is 0 Å². The molecule has 0 atom stereocenters. The fourth-order valence-electron chi connectivity index (χ4n) is 2.30. The van der Waals surface area contributed by atoms with Crippen LogP contribution in [0.25, 0.3) is 0 Å². The molecule has 130 valence electrons. The third kappa shape index (κ3) is 3.25. The lowest BCUT2D eigenvalue weighted by Crippen LogP contribution is -2.12. The van der Waals surface area contributed by atoms with E-state index in [-0.39, 0.29) is 24.5 Å². The molecule has 26 heavy (non-hydrogen) atoms. The van der Waals surface area contributed by atoms with E-state index < -0.39 is 5.82 Å². The van der Waals surface area contributed by atoms with Gasteiger partial charge in [-0.15, -0.1) is 0 Å². The minimum absolute atomic E-state index is 0.0182. The van der Waals surface area contributed by atoms with Gasteiger partial charge in [0.2, 0.25) is 6.79 Å². The molecule has 0 fully saturated rings. The van der Waals surface area contributed by atoms with E-state index in [4.69, 9.17) is 14.2 Å². The Morgan fingerprint density at radius 1 is 1.08 bits per heavy atom. The highest BCUT2D eigenvalue weighted by Gasteiger charge is 2.16. The van der Waals surface area contributed by atoms with Crippen molar-refractivity contribution in [2.24, 2.45) is 0 Å². The molecule has 4 rings (SSSR count).